The third-order valence-electron chi connectivity index (χ3n) is 5.29. The lowest BCUT2D eigenvalue weighted by atomic mass is 9.93. The van der Waals surface area contributed by atoms with Crippen molar-refractivity contribution in [2.45, 2.75) is 32.6 Å². The van der Waals surface area contributed by atoms with E-state index >= 15 is 0 Å². The molecule has 0 amide bonds. The maximum atomic E-state index is 4.94. The Hall–Kier alpha value is -2.81. The first-order valence-corrected chi connectivity index (χ1v) is 9.06. The number of nitrogens with zero attached hydrogens (tertiary/aromatic N) is 2. The van der Waals surface area contributed by atoms with Crippen LogP contribution in [0, 0.1) is 6.92 Å². The monoisotopic (exact) mass is 327 g/mol. The predicted octanol–water partition coefficient (Wildman–Crippen LogP) is 5.25. The summed E-state index contributed by atoms with van der Waals surface area (Å²) in [7, 11) is 0. The summed E-state index contributed by atoms with van der Waals surface area (Å²) in [6.45, 7) is 2.16. The molecule has 0 bridgehead atoms. The van der Waals surface area contributed by atoms with E-state index in [1.807, 2.05) is 0 Å². The van der Waals surface area contributed by atoms with Crippen LogP contribution in [0.3, 0.4) is 0 Å². The number of nitrogens with one attached hydrogen (secondary N) is 1. The molecular formula is C22H21N3. The summed E-state index contributed by atoms with van der Waals surface area (Å²) in [5.41, 5.74) is 11.1. The molecule has 0 fully saturated rings. The van der Waals surface area contributed by atoms with Crippen LogP contribution in [-0.4, -0.2) is 9.66 Å². The number of hydrogen-bond donors (Lipinski definition) is 1. The van der Waals surface area contributed by atoms with Crippen molar-refractivity contribution in [1.29, 1.82) is 0 Å². The minimum Gasteiger partial charge on any atom is -0.293 e. The van der Waals surface area contributed by atoms with Gasteiger partial charge in [0.2, 0.25) is 0 Å². The van der Waals surface area contributed by atoms with Crippen LogP contribution in [0.25, 0.3) is 21.8 Å². The predicted molar refractivity (Wildman–Crippen MR) is 104 cm³/mol. The number of aryl methyl sites for hydroxylation is 2. The first kappa shape index (κ1) is 14.5. The number of pyridine rings is 1. The van der Waals surface area contributed by atoms with Crippen molar-refractivity contribution < 1.29 is 0 Å². The molecule has 25 heavy (non-hydrogen) atoms. The van der Waals surface area contributed by atoms with Gasteiger partial charge < -0.3 is 0 Å². The highest BCUT2D eigenvalue weighted by Gasteiger charge is 2.19. The first-order chi connectivity index (χ1) is 12.3. The molecule has 0 radical (unpaired) electrons. The van der Waals surface area contributed by atoms with E-state index in [2.05, 4.69) is 71.6 Å². The van der Waals surface area contributed by atoms with Crippen molar-refractivity contribution in [3.63, 3.8) is 0 Å². The highest BCUT2D eigenvalue weighted by Crippen LogP contribution is 2.34. The van der Waals surface area contributed by atoms with Gasteiger partial charge in [0.05, 0.1) is 16.7 Å². The van der Waals surface area contributed by atoms with Gasteiger partial charge in [-0.2, -0.15) is 0 Å². The van der Waals surface area contributed by atoms with Gasteiger partial charge in [-0.05, 0) is 56.4 Å². The van der Waals surface area contributed by atoms with Crippen molar-refractivity contribution in [2.75, 3.05) is 5.43 Å². The van der Waals surface area contributed by atoms with Gasteiger partial charge in [-0.15, -0.1) is 0 Å². The van der Waals surface area contributed by atoms with Gasteiger partial charge in [-0.1, -0.05) is 36.4 Å². The summed E-state index contributed by atoms with van der Waals surface area (Å²) < 4.78 is 2.21. The molecule has 0 saturated heterocycles. The van der Waals surface area contributed by atoms with Gasteiger partial charge in [-0.3, -0.25) is 15.1 Å². The van der Waals surface area contributed by atoms with Crippen LogP contribution in [-0.2, 0) is 12.8 Å². The summed E-state index contributed by atoms with van der Waals surface area (Å²) in [5, 5.41) is 2.47. The lowest BCUT2D eigenvalue weighted by Gasteiger charge is -2.23. The molecule has 2 heterocycles. The van der Waals surface area contributed by atoms with Crippen LogP contribution < -0.4 is 5.43 Å². The molecule has 1 aliphatic rings. The zero-order chi connectivity index (χ0) is 16.8. The molecule has 4 aromatic rings. The average molecular weight is 327 g/mol. The molecular weight excluding hydrogens is 306 g/mol. The number of para-hydroxylation sites is 2. The largest absolute Gasteiger partial charge is 0.293 e. The Bertz CT molecular complexity index is 1090. The Labute approximate surface area is 147 Å². The van der Waals surface area contributed by atoms with Crippen molar-refractivity contribution in [3.8, 4) is 0 Å². The molecule has 2 aromatic carbocycles. The minimum atomic E-state index is 1.08. The minimum absolute atomic E-state index is 1.08. The highest BCUT2D eigenvalue weighted by atomic mass is 15.4. The van der Waals surface area contributed by atoms with Crippen molar-refractivity contribution >= 4 is 27.5 Å². The van der Waals surface area contributed by atoms with Crippen LogP contribution in [0.2, 0.25) is 0 Å². The molecule has 5 rings (SSSR count). The first-order valence-electron chi connectivity index (χ1n) is 9.06. The highest BCUT2D eigenvalue weighted by molar-refractivity contribution is 5.94. The summed E-state index contributed by atoms with van der Waals surface area (Å²) in [4.78, 5) is 4.94. The normalized spacial score (nSPS) is 14.0. The zero-order valence-corrected chi connectivity index (χ0v) is 14.4. The van der Waals surface area contributed by atoms with E-state index in [4.69, 9.17) is 4.98 Å². The fraction of sp³-hybridized carbons (Fsp3) is 0.227. The second-order valence-electron chi connectivity index (χ2n) is 6.93. The Morgan fingerprint density at radius 2 is 1.76 bits per heavy atom. The van der Waals surface area contributed by atoms with Crippen LogP contribution in [0.5, 0.6) is 0 Å². The second kappa shape index (κ2) is 5.62. The molecule has 0 spiro atoms. The van der Waals surface area contributed by atoms with Gasteiger partial charge >= 0.3 is 0 Å². The summed E-state index contributed by atoms with van der Waals surface area (Å²) in [6, 6.07) is 19.2. The average Bonchev–Trinajstić information content (AvgIpc) is 2.97. The fourth-order valence-corrected chi connectivity index (χ4v) is 4.05. The van der Waals surface area contributed by atoms with Crippen molar-refractivity contribution in [2.24, 2.45) is 0 Å². The number of benzene rings is 2. The second-order valence-corrected chi connectivity index (χ2v) is 6.93. The van der Waals surface area contributed by atoms with Crippen LogP contribution in [0.4, 0.5) is 5.69 Å². The third-order valence-corrected chi connectivity index (χ3v) is 5.29. The van der Waals surface area contributed by atoms with Gasteiger partial charge in [0.15, 0.2) is 0 Å². The van der Waals surface area contributed by atoms with E-state index in [9.17, 15) is 0 Å². The SMILES string of the molecule is Cc1cc2ccccc2n1Nc1c2c(nc3ccccc13)CCCC2. The topological polar surface area (TPSA) is 29.9 Å². The van der Waals surface area contributed by atoms with Crippen LogP contribution in [0.1, 0.15) is 29.8 Å². The smallest absolute Gasteiger partial charge is 0.0726 e. The third kappa shape index (κ3) is 2.30. The molecule has 1 N–H and O–H groups in total. The van der Waals surface area contributed by atoms with E-state index in [1.165, 1.54) is 51.8 Å². The molecule has 3 nitrogen and oxygen atoms in total. The summed E-state index contributed by atoms with van der Waals surface area (Å²) in [6.07, 6.45) is 4.67. The van der Waals surface area contributed by atoms with Gasteiger partial charge in [0, 0.05) is 22.2 Å². The van der Waals surface area contributed by atoms with Gasteiger partial charge in [0.25, 0.3) is 0 Å². The Morgan fingerprint density at radius 1 is 0.960 bits per heavy atom. The Kier molecular flexibility index (Phi) is 3.27. The Balaban J connectivity index is 1.75. The molecule has 0 unspecified atom stereocenters. The van der Waals surface area contributed by atoms with E-state index in [1.54, 1.807) is 0 Å². The van der Waals surface area contributed by atoms with E-state index in [-0.39, 0.29) is 0 Å². The summed E-state index contributed by atoms with van der Waals surface area (Å²) >= 11 is 0. The zero-order valence-electron chi connectivity index (χ0n) is 14.4. The van der Waals surface area contributed by atoms with E-state index < -0.39 is 0 Å². The van der Waals surface area contributed by atoms with Crippen molar-refractivity contribution in [1.82, 2.24) is 9.66 Å². The molecule has 0 aliphatic heterocycles. The number of fused-ring (bicyclic) bond motifs is 3. The lowest BCUT2D eigenvalue weighted by molar-refractivity contribution is 0.671. The lowest BCUT2D eigenvalue weighted by Crippen LogP contribution is -2.16. The maximum Gasteiger partial charge on any atom is 0.0726 e. The van der Waals surface area contributed by atoms with Gasteiger partial charge in [0.1, 0.15) is 0 Å². The molecule has 3 heteroatoms. The quantitative estimate of drug-likeness (QED) is 0.545. The number of aromatic nitrogens is 2. The van der Waals surface area contributed by atoms with Crippen molar-refractivity contribution in [3.05, 3.63) is 71.5 Å². The van der Waals surface area contributed by atoms with Gasteiger partial charge in [-0.25, -0.2) is 0 Å². The van der Waals surface area contributed by atoms with E-state index in [0.717, 1.165) is 18.4 Å². The molecule has 124 valence electrons. The standard InChI is InChI=1S/C22H21N3/c1-15-14-16-8-2-7-13-21(16)25(15)24-22-17-9-3-5-11-19(17)23-20-12-6-4-10-18(20)22/h2-3,5,7-9,11,13-14H,4,6,10,12H2,1H3,(H,23,24). The number of rotatable bonds is 2. The molecule has 2 aromatic heterocycles. The molecule has 0 atom stereocenters. The molecule has 0 saturated carbocycles. The van der Waals surface area contributed by atoms with Crippen LogP contribution in [0.15, 0.2) is 54.6 Å². The number of anilines is 1. The maximum absolute atomic E-state index is 4.94. The van der Waals surface area contributed by atoms with Crippen LogP contribution >= 0.6 is 0 Å². The fourth-order valence-electron chi connectivity index (χ4n) is 4.05. The summed E-state index contributed by atoms with van der Waals surface area (Å²) in [5.74, 6) is 0. The van der Waals surface area contributed by atoms with E-state index in [0.29, 0.717) is 0 Å². The molecule has 1 aliphatic carbocycles. The Morgan fingerprint density at radius 3 is 2.72 bits per heavy atom. The number of hydrogen-bond acceptors (Lipinski definition) is 2.